The molecule has 0 aromatic rings. The summed E-state index contributed by atoms with van der Waals surface area (Å²) >= 11 is 0. The van der Waals surface area contributed by atoms with E-state index in [4.69, 9.17) is 27.3 Å². The number of fused-ring (bicyclic) bond motifs is 1. The Bertz CT molecular complexity index is 1190. The van der Waals surface area contributed by atoms with Gasteiger partial charge in [-0.05, 0) is 48.9 Å². The summed E-state index contributed by atoms with van der Waals surface area (Å²) in [5.41, 5.74) is -0.321. The van der Waals surface area contributed by atoms with Crippen molar-refractivity contribution in [2.24, 2.45) is 29.5 Å². The van der Waals surface area contributed by atoms with Crippen LogP contribution < -0.4 is 0 Å². The van der Waals surface area contributed by atoms with Crippen molar-refractivity contribution < 1.29 is 42.0 Å². The minimum atomic E-state index is -3.18. The Morgan fingerprint density at radius 1 is 1.55 bits per heavy atom. The van der Waals surface area contributed by atoms with E-state index in [-0.39, 0.29) is 24.8 Å². The van der Waals surface area contributed by atoms with Gasteiger partial charge in [0, 0.05) is 26.0 Å². The summed E-state index contributed by atoms with van der Waals surface area (Å²) in [5.74, 6) is -12.9. The van der Waals surface area contributed by atoms with Gasteiger partial charge < -0.3 is 14.6 Å². The molecule has 3 rings (SSSR count). The van der Waals surface area contributed by atoms with Gasteiger partial charge >= 0.3 is 11.9 Å². The van der Waals surface area contributed by atoms with Crippen LogP contribution in [0.15, 0.2) is 23.7 Å². The maximum Gasteiger partial charge on any atom is 0.308 e. The predicted octanol–water partition coefficient (Wildman–Crippen LogP) is 4.20. The minimum absolute atomic E-state index is 0.121. The van der Waals surface area contributed by atoms with E-state index in [2.05, 4.69) is 0 Å². The average molecular weight is 418 g/mol. The first-order valence-electron chi connectivity index (χ1n) is 16.3. The molecule has 1 fully saturated rings. The molecular formula is C24H36O5. The third kappa shape index (κ3) is 5.30. The molecule has 0 radical (unpaired) electrons. The molecule has 0 amide bonds. The quantitative estimate of drug-likeness (QED) is 0.656. The highest BCUT2D eigenvalue weighted by atomic mass is 16.5. The summed E-state index contributed by atoms with van der Waals surface area (Å²) in [5, 5.41) is 10.2. The second-order valence-electron chi connectivity index (χ2n) is 7.53. The molecule has 1 aliphatic heterocycles. The van der Waals surface area contributed by atoms with Gasteiger partial charge in [-0.1, -0.05) is 45.8 Å². The molecule has 5 nitrogen and oxygen atoms in total. The summed E-state index contributed by atoms with van der Waals surface area (Å²) in [6.45, 7) is 0.377. The SMILES string of the molecule is [2H]C1=C([2H])[C@]([2H])(C)[C@H](CCC2C[C@@H](O)C([2H])([2H])C(=O)O2)[C@@H]2C1=C([2H])[C@]([2H])(C)C([2H])([2H])C2OC(=O)[C@]([2H])(CC)C([2H])([2H])[2H]. The summed E-state index contributed by atoms with van der Waals surface area (Å²) in [6.07, 6.45) is -11.4. The van der Waals surface area contributed by atoms with Crippen molar-refractivity contribution in [3.63, 3.8) is 0 Å². The van der Waals surface area contributed by atoms with Crippen LogP contribution in [0.4, 0.5) is 0 Å². The van der Waals surface area contributed by atoms with E-state index in [0.29, 0.717) is 0 Å². The minimum Gasteiger partial charge on any atom is -0.462 e. The number of cyclic esters (lactones) is 1. The van der Waals surface area contributed by atoms with Crippen molar-refractivity contribution in [1.29, 1.82) is 0 Å². The second kappa shape index (κ2) is 9.46. The molecule has 1 N–H and O–H groups in total. The number of hydrogen-bond acceptors (Lipinski definition) is 5. The molecule has 5 heteroatoms. The summed E-state index contributed by atoms with van der Waals surface area (Å²) in [6, 6.07) is -1.88. The van der Waals surface area contributed by atoms with Gasteiger partial charge in [0.1, 0.15) is 12.2 Å². The van der Waals surface area contributed by atoms with Crippen LogP contribution in [0.1, 0.15) is 83.9 Å². The van der Waals surface area contributed by atoms with Crippen molar-refractivity contribution in [3.8, 4) is 0 Å². The number of allylic oxidation sites excluding steroid dienone is 3. The summed E-state index contributed by atoms with van der Waals surface area (Å²) in [7, 11) is 0. The van der Waals surface area contributed by atoms with Gasteiger partial charge in [-0.3, -0.25) is 9.59 Å². The Balaban J connectivity index is 2.15. The molecule has 8 atom stereocenters. The van der Waals surface area contributed by atoms with Crippen LogP contribution in [-0.4, -0.2) is 35.4 Å². The van der Waals surface area contributed by atoms with Crippen molar-refractivity contribution in [3.05, 3.63) is 23.7 Å². The molecule has 29 heavy (non-hydrogen) atoms. The lowest BCUT2D eigenvalue weighted by Gasteiger charge is -2.43. The van der Waals surface area contributed by atoms with Gasteiger partial charge in [0.2, 0.25) is 0 Å². The van der Waals surface area contributed by atoms with E-state index in [9.17, 15) is 14.7 Å². The lowest BCUT2D eigenvalue weighted by atomic mass is 9.65. The van der Waals surface area contributed by atoms with Gasteiger partial charge in [0.25, 0.3) is 0 Å². The first-order valence-corrected chi connectivity index (χ1v) is 9.81. The Hall–Kier alpha value is -1.62. The normalized spacial score (nSPS) is 55.5. The third-order valence-electron chi connectivity index (χ3n) is 5.40. The van der Waals surface area contributed by atoms with E-state index < -0.39 is 104 Å². The molecule has 2 unspecified atom stereocenters. The molecule has 0 aromatic heterocycles. The van der Waals surface area contributed by atoms with Gasteiger partial charge in [0.05, 0.1) is 22.5 Å². The van der Waals surface area contributed by atoms with E-state index >= 15 is 0 Å². The molecule has 0 aromatic carbocycles. The van der Waals surface area contributed by atoms with Crippen molar-refractivity contribution in [1.82, 2.24) is 0 Å². The summed E-state index contributed by atoms with van der Waals surface area (Å²) in [4.78, 5) is 25.4. The van der Waals surface area contributed by atoms with Crippen LogP contribution in [-0.2, 0) is 19.1 Å². The molecule has 0 spiro atoms. The first kappa shape index (κ1) is 10.6. The van der Waals surface area contributed by atoms with Crippen LogP contribution in [0.2, 0.25) is 0 Å². The predicted molar refractivity (Wildman–Crippen MR) is 111 cm³/mol. The molecule has 0 saturated carbocycles. The van der Waals surface area contributed by atoms with Crippen LogP contribution >= 0.6 is 0 Å². The number of ether oxygens (including phenoxy) is 2. The smallest absolute Gasteiger partial charge is 0.308 e. The topological polar surface area (TPSA) is 72.8 Å². The average Bonchev–Trinajstić information content (AvgIpc) is 2.86. The van der Waals surface area contributed by atoms with Crippen LogP contribution in [0.3, 0.4) is 0 Å². The zero-order chi connectivity index (χ0) is 32.6. The Morgan fingerprint density at radius 2 is 2.34 bits per heavy atom. The molecule has 1 saturated heterocycles. The van der Waals surface area contributed by atoms with E-state index in [1.54, 1.807) is 0 Å². The van der Waals surface area contributed by atoms with Gasteiger partial charge in [-0.2, -0.15) is 0 Å². The molecule has 162 valence electrons. The zero-order valence-corrected chi connectivity index (χ0v) is 16.8. The molecule has 3 aliphatic rings. The third-order valence-corrected chi connectivity index (χ3v) is 5.40. The molecule has 1 heterocycles. The van der Waals surface area contributed by atoms with Gasteiger partial charge in [0.15, 0.2) is 0 Å². The summed E-state index contributed by atoms with van der Waals surface area (Å²) < 4.78 is 119. The maximum atomic E-state index is 13.3. The maximum absolute atomic E-state index is 13.3. The Labute approximate surface area is 192 Å². The number of carbonyl (C=O) groups excluding carboxylic acids is 2. The lowest BCUT2D eigenvalue weighted by Crippen LogP contribution is -2.42. The fraction of sp³-hybridized carbons (Fsp3) is 0.750. The largest absolute Gasteiger partial charge is 0.462 e. The highest BCUT2D eigenvalue weighted by Crippen LogP contribution is 2.45. The Morgan fingerprint density at radius 3 is 3.03 bits per heavy atom. The number of carbonyl (C=O) groups is 2. The van der Waals surface area contributed by atoms with Gasteiger partial charge in [-0.15, -0.1) is 0 Å². The molecular weight excluding hydrogens is 368 g/mol. The highest BCUT2D eigenvalue weighted by Gasteiger charge is 2.42. The van der Waals surface area contributed by atoms with Crippen LogP contribution in [0, 0.1) is 29.5 Å². The van der Waals surface area contributed by atoms with Crippen LogP contribution in [0.5, 0.6) is 0 Å². The van der Waals surface area contributed by atoms with E-state index in [1.807, 2.05) is 0 Å². The molecule has 2 aliphatic carbocycles. The number of hydrogen-bond donors (Lipinski definition) is 1. The highest BCUT2D eigenvalue weighted by molar-refractivity contribution is 5.72. The molecule has 0 bridgehead atoms. The second-order valence-corrected chi connectivity index (χ2v) is 7.53. The Kier molecular flexibility index (Phi) is 3.46. The van der Waals surface area contributed by atoms with E-state index in [0.717, 1.165) is 6.92 Å². The lowest BCUT2D eigenvalue weighted by molar-refractivity contribution is -0.162. The fourth-order valence-electron chi connectivity index (χ4n) is 3.88. The first-order chi connectivity index (χ1) is 18.8. The van der Waals surface area contributed by atoms with Gasteiger partial charge in [-0.25, -0.2) is 0 Å². The number of aliphatic hydroxyl groups is 1. The zero-order valence-electron chi connectivity index (χ0n) is 29.8. The number of rotatable bonds is 6. The number of aliphatic hydroxyl groups excluding tert-OH is 1. The van der Waals surface area contributed by atoms with Crippen molar-refractivity contribution in [2.45, 2.75) is 84.4 Å². The monoisotopic (exact) mass is 417 g/mol. The van der Waals surface area contributed by atoms with Crippen molar-refractivity contribution in [2.75, 3.05) is 0 Å². The van der Waals surface area contributed by atoms with E-state index in [1.165, 1.54) is 13.8 Å². The number of esters is 2. The fourth-order valence-corrected chi connectivity index (χ4v) is 3.88. The standard InChI is InChI=1S/C24H36O5/c1-5-15(3)24(27)29-21-11-14(2)10-17-7-6-16(4)20(23(17)21)9-8-19-12-18(25)13-22(26)28-19/h6-7,10,14-16,18-21,23,25H,5,8-9,11-13H2,1-4H3/t14-,15-,16-,18+,19?,20-,21?,23-/m0/s1/i3D3,6D,7D,10D,11D2,13D2,14D,15D,16D. The van der Waals surface area contributed by atoms with Crippen LogP contribution in [0.25, 0.3) is 0 Å². The van der Waals surface area contributed by atoms with Crippen molar-refractivity contribution >= 4 is 11.9 Å².